The highest BCUT2D eigenvalue weighted by Crippen LogP contribution is 2.21. The average Bonchev–Trinajstić information content (AvgIpc) is 2.46. The van der Waals surface area contributed by atoms with Crippen molar-refractivity contribution in [3.8, 4) is 6.07 Å². The summed E-state index contributed by atoms with van der Waals surface area (Å²) in [5.41, 5.74) is 0.743. The Morgan fingerprint density at radius 2 is 1.90 bits per heavy atom. The van der Waals surface area contributed by atoms with Gasteiger partial charge in [0.2, 0.25) is 0 Å². The molecule has 21 heavy (non-hydrogen) atoms. The lowest BCUT2D eigenvalue weighted by Gasteiger charge is -2.30. The molecule has 0 saturated carbocycles. The molecule has 1 aromatic heterocycles. The number of anilines is 1. The molecule has 4 heteroatoms. The summed E-state index contributed by atoms with van der Waals surface area (Å²) in [7, 11) is 0. The van der Waals surface area contributed by atoms with Crippen molar-refractivity contribution in [1.29, 1.82) is 5.26 Å². The molecule has 0 aliphatic heterocycles. The van der Waals surface area contributed by atoms with E-state index in [2.05, 4.69) is 11.1 Å². The fourth-order valence-corrected chi connectivity index (χ4v) is 2.21. The van der Waals surface area contributed by atoms with Crippen LogP contribution in [0.4, 0.5) is 5.82 Å². The van der Waals surface area contributed by atoms with Gasteiger partial charge in [0.1, 0.15) is 11.9 Å². The zero-order valence-electron chi connectivity index (χ0n) is 12.3. The summed E-state index contributed by atoms with van der Waals surface area (Å²) < 4.78 is 0. The molecule has 2 rings (SSSR count). The molecular weight excluding hydrogens is 262 g/mol. The van der Waals surface area contributed by atoms with Gasteiger partial charge in [-0.15, -0.1) is 0 Å². The van der Waals surface area contributed by atoms with Gasteiger partial charge in [-0.3, -0.25) is 0 Å². The summed E-state index contributed by atoms with van der Waals surface area (Å²) in [6, 6.07) is 15.6. The van der Waals surface area contributed by atoms with Crippen molar-refractivity contribution >= 4 is 5.82 Å². The van der Waals surface area contributed by atoms with Crippen LogP contribution in [0.1, 0.15) is 25.0 Å². The first kappa shape index (κ1) is 15.0. The number of aromatic nitrogens is 1. The molecule has 0 amide bonds. The Kier molecular flexibility index (Phi) is 4.56. The van der Waals surface area contributed by atoms with Crippen molar-refractivity contribution in [2.24, 2.45) is 0 Å². The number of rotatable bonds is 5. The van der Waals surface area contributed by atoms with Gasteiger partial charge in [0.05, 0.1) is 11.2 Å². The van der Waals surface area contributed by atoms with Crippen molar-refractivity contribution in [3.63, 3.8) is 0 Å². The van der Waals surface area contributed by atoms with Gasteiger partial charge in [0.25, 0.3) is 0 Å². The predicted molar refractivity (Wildman–Crippen MR) is 82.7 cm³/mol. The topological polar surface area (TPSA) is 60.1 Å². The maximum atomic E-state index is 10.1. The van der Waals surface area contributed by atoms with Gasteiger partial charge in [-0.25, -0.2) is 4.98 Å². The summed E-state index contributed by atoms with van der Waals surface area (Å²) in [5.74, 6) is 0.603. The van der Waals surface area contributed by atoms with Crippen molar-refractivity contribution in [2.75, 3.05) is 11.4 Å². The van der Waals surface area contributed by atoms with E-state index in [1.54, 1.807) is 32.2 Å². The molecule has 0 bridgehead atoms. The second kappa shape index (κ2) is 6.38. The zero-order chi connectivity index (χ0) is 15.3. The molecule has 2 aromatic rings. The highest BCUT2D eigenvalue weighted by molar-refractivity contribution is 5.54. The summed E-state index contributed by atoms with van der Waals surface area (Å²) in [6.07, 6.45) is 1.67. The van der Waals surface area contributed by atoms with Crippen molar-refractivity contribution < 1.29 is 5.11 Å². The summed E-state index contributed by atoms with van der Waals surface area (Å²) >= 11 is 0. The van der Waals surface area contributed by atoms with Crippen LogP contribution in [0.15, 0.2) is 48.7 Å². The first-order valence-corrected chi connectivity index (χ1v) is 6.86. The van der Waals surface area contributed by atoms with Crippen LogP contribution in [0.25, 0.3) is 0 Å². The second-order valence-corrected chi connectivity index (χ2v) is 5.64. The molecule has 0 atom stereocenters. The largest absolute Gasteiger partial charge is 0.389 e. The minimum absolute atomic E-state index is 0.396. The van der Waals surface area contributed by atoms with Crippen molar-refractivity contribution in [1.82, 2.24) is 4.98 Å². The maximum absolute atomic E-state index is 10.1. The minimum Gasteiger partial charge on any atom is -0.389 e. The van der Waals surface area contributed by atoms with Crippen molar-refractivity contribution in [2.45, 2.75) is 26.0 Å². The van der Waals surface area contributed by atoms with Crippen LogP contribution in [0.3, 0.4) is 0 Å². The normalized spacial score (nSPS) is 11.0. The average molecular weight is 281 g/mol. The molecule has 0 fully saturated rings. The minimum atomic E-state index is -0.876. The van der Waals surface area contributed by atoms with E-state index in [0.717, 1.165) is 5.56 Å². The molecule has 0 aliphatic rings. The first-order valence-electron chi connectivity index (χ1n) is 6.86. The SMILES string of the molecule is CC(C)(O)CN(Cc1ccccc1)c1ncccc1C#N. The number of nitriles is 1. The molecule has 108 valence electrons. The van der Waals surface area contributed by atoms with Crippen molar-refractivity contribution in [3.05, 3.63) is 59.8 Å². The second-order valence-electron chi connectivity index (χ2n) is 5.64. The van der Waals surface area contributed by atoms with E-state index < -0.39 is 5.60 Å². The van der Waals surface area contributed by atoms with Crippen LogP contribution in [0.2, 0.25) is 0 Å². The number of hydrogen-bond acceptors (Lipinski definition) is 4. The number of hydrogen-bond donors (Lipinski definition) is 1. The van der Waals surface area contributed by atoms with E-state index in [1.807, 2.05) is 35.2 Å². The van der Waals surface area contributed by atoms with Gasteiger partial charge >= 0.3 is 0 Å². The van der Waals surface area contributed by atoms with Crippen LogP contribution < -0.4 is 4.90 Å². The highest BCUT2D eigenvalue weighted by atomic mass is 16.3. The third-order valence-corrected chi connectivity index (χ3v) is 3.00. The van der Waals surface area contributed by atoms with Gasteiger partial charge in [-0.2, -0.15) is 5.26 Å². The van der Waals surface area contributed by atoms with E-state index in [0.29, 0.717) is 24.5 Å². The van der Waals surface area contributed by atoms with Crippen LogP contribution >= 0.6 is 0 Å². The van der Waals surface area contributed by atoms with E-state index in [4.69, 9.17) is 0 Å². The van der Waals surface area contributed by atoms with Gasteiger partial charge in [-0.1, -0.05) is 30.3 Å². The van der Waals surface area contributed by atoms with Gasteiger partial charge in [0, 0.05) is 19.3 Å². The predicted octanol–water partition coefficient (Wildman–Crippen LogP) is 2.73. The number of aliphatic hydroxyl groups is 1. The van der Waals surface area contributed by atoms with E-state index in [9.17, 15) is 10.4 Å². The standard InChI is InChI=1S/C17H19N3O/c1-17(2,21)13-20(12-14-7-4-3-5-8-14)16-15(11-18)9-6-10-19-16/h3-10,21H,12-13H2,1-2H3. The molecule has 0 radical (unpaired) electrons. The first-order chi connectivity index (χ1) is 9.99. The monoisotopic (exact) mass is 281 g/mol. The Balaban J connectivity index is 2.34. The van der Waals surface area contributed by atoms with Crippen LogP contribution in [-0.2, 0) is 6.54 Å². The lowest BCUT2D eigenvalue weighted by atomic mass is 10.1. The molecule has 1 heterocycles. The molecule has 0 saturated heterocycles. The number of benzene rings is 1. The van der Waals surface area contributed by atoms with E-state index >= 15 is 0 Å². The lowest BCUT2D eigenvalue weighted by Crippen LogP contribution is -2.39. The van der Waals surface area contributed by atoms with Gasteiger partial charge in [-0.05, 0) is 31.5 Å². The Hall–Kier alpha value is -2.38. The number of pyridine rings is 1. The molecule has 4 nitrogen and oxygen atoms in total. The van der Waals surface area contributed by atoms with Crippen LogP contribution in [-0.4, -0.2) is 22.2 Å². The number of nitrogens with zero attached hydrogens (tertiary/aromatic N) is 3. The molecule has 1 N–H and O–H groups in total. The summed E-state index contributed by atoms with van der Waals surface area (Å²) in [5, 5.41) is 19.4. The van der Waals surface area contributed by atoms with Crippen LogP contribution in [0, 0.1) is 11.3 Å². The Morgan fingerprint density at radius 3 is 2.52 bits per heavy atom. The summed E-state index contributed by atoms with van der Waals surface area (Å²) in [4.78, 5) is 6.26. The summed E-state index contributed by atoms with van der Waals surface area (Å²) in [6.45, 7) is 4.49. The third kappa shape index (κ3) is 4.30. The maximum Gasteiger partial charge on any atom is 0.146 e. The molecule has 0 aliphatic carbocycles. The Morgan fingerprint density at radius 1 is 1.19 bits per heavy atom. The molecule has 1 aromatic carbocycles. The fourth-order valence-electron chi connectivity index (χ4n) is 2.21. The van der Waals surface area contributed by atoms with Gasteiger partial charge < -0.3 is 10.0 Å². The highest BCUT2D eigenvalue weighted by Gasteiger charge is 2.21. The zero-order valence-corrected chi connectivity index (χ0v) is 12.3. The third-order valence-electron chi connectivity index (χ3n) is 3.00. The Bertz CT molecular complexity index is 626. The smallest absolute Gasteiger partial charge is 0.146 e. The fraction of sp³-hybridized carbons (Fsp3) is 0.294. The van der Waals surface area contributed by atoms with E-state index in [1.165, 1.54) is 0 Å². The molecule has 0 spiro atoms. The Labute approximate surface area is 125 Å². The van der Waals surface area contributed by atoms with Crippen LogP contribution in [0.5, 0.6) is 0 Å². The molecule has 0 unspecified atom stereocenters. The quantitative estimate of drug-likeness (QED) is 0.915. The van der Waals surface area contributed by atoms with E-state index in [-0.39, 0.29) is 0 Å². The molecular formula is C17H19N3O. The van der Waals surface area contributed by atoms with Gasteiger partial charge in [0.15, 0.2) is 0 Å². The lowest BCUT2D eigenvalue weighted by molar-refractivity contribution is 0.0868.